The van der Waals surface area contributed by atoms with E-state index in [2.05, 4.69) is 66.1 Å². The van der Waals surface area contributed by atoms with E-state index in [0.29, 0.717) is 16.9 Å². The summed E-state index contributed by atoms with van der Waals surface area (Å²) >= 11 is 3.62. The van der Waals surface area contributed by atoms with E-state index < -0.39 is 0 Å². The van der Waals surface area contributed by atoms with Crippen molar-refractivity contribution in [2.45, 2.75) is 34.3 Å². The molecule has 0 bridgehead atoms. The van der Waals surface area contributed by atoms with Crippen LogP contribution in [0.1, 0.15) is 19.3 Å². The number of allylic oxidation sites excluding steroid dienone is 2. The van der Waals surface area contributed by atoms with Crippen LogP contribution >= 0.6 is 23.5 Å². The zero-order valence-electron chi connectivity index (χ0n) is 13.5. The van der Waals surface area contributed by atoms with E-state index in [4.69, 9.17) is 0 Å². The number of thioether (sulfide) groups is 2. The Balaban J connectivity index is 1.72. The zero-order chi connectivity index (χ0) is 16.6. The molecule has 124 valence electrons. The first kappa shape index (κ1) is 17.2. The SMILES string of the molecule is OC1=CC(C(/C=C/Sc2ccccc2)Sc2ccccc2)CCC1. The van der Waals surface area contributed by atoms with Crippen molar-refractivity contribution in [2.24, 2.45) is 5.92 Å². The van der Waals surface area contributed by atoms with Gasteiger partial charge in [0.25, 0.3) is 0 Å². The Morgan fingerprint density at radius 1 is 0.958 bits per heavy atom. The van der Waals surface area contributed by atoms with Crippen LogP contribution in [0.4, 0.5) is 0 Å². The predicted octanol–water partition coefficient (Wildman–Crippen LogP) is 6.70. The van der Waals surface area contributed by atoms with Crippen molar-refractivity contribution in [3.8, 4) is 0 Å². The van der Waals surface area contributed by atoms with E-state index in [1.807, 2.05) is 23.9 Å². The second kappa shape index (κ2) is 9.05. The fourth-order valence-corrected chi connectivity index (χ4v) is 4.81. The van der Waals surface area contributed by atoms with Gasteiger partial charge in [-0.15, -0.1) is 11.8 Å². The summed E-state index contributed by atoms with van der Waals surface area (Å²) in [6.45, 7) is 0. The first-order chi connectivity index (χ1) is 11.8. The third-order valence-corrected chi connectivity index (χ3v) is 6.19. The molecule has 2 aromatic rings. The van der Waals surface area contributed by atoms with Gasteiger partial charge in [-0.1, -0.05) is 54.2 Å². The molecule has 0 spiro atoms. The smallest absolute Gasteiger partial charge is 0.0886 e. The highest BCUT2D eigenvalue weighted by molar-refractivity contribution is 8.02. The monoisotopic (exact) mass is 354 g/mol. The molecule has 24 heavy (non-hydrogen) atoms. The van der Waals surface area contributed by atoms with Gasteiger partial charge in [-0.2, -0.15) is 0 Å². The molecular formula is C21H22OS2. The molecule has 0 aliphatic heterocycles. The van der Waals surface area contributed by atoms with Crippen molar-refractivity contribution in [1.29, 1.82) is 0 Å². The minimum Gasteiger partial charge on any atom is -0.513 e. The molecule has 3 rings (SSSR count). The standard InChI is InChI=1S/C21H22OS2/c22-18-9-7-8-17(16-18)21(24-20-12-5-2-6-13-20)14-15-23-19-10-3-1-4-11-19/h1-6,10-17,21-22H,7-9H2/b15-14+. The van der Waals surface area contributed by atoms with Crippen LogP contribution in [0, 0.1) is 5.92 Å². The molecule has 2 atom stereocenters. The summed E-state index contributed by atoms with van der Waals surface area (Å²) < 4.78 is 0. The molecule has 0 aromatic heterocycles. The fourth-order valence-electron chi connectivity index (χ4n) is 2.81. The highest BCUT2D eigenvalue weighted by atomic mass is 32.2. The summed E-state index contributed by atoms with van der Waals surface area (Å²) in [6.07, 6.45) is 7.37. The highest BCUT2D eigenvalue weighted by Crippen LogP contribution is 2.36. The molecule has 0 amide bonds. The van der Waals surface area contributed by atoms with Gasteiger partial charge in [0.15, 0.2) is 0 Å². The minimum atomic E-state index is 0.339. The van der Waals surface area contributed by atoms with E-state index in [0.717, 1.165) is 19.3 Å². The average molecular weight is 355 g/mol. The Labute approximate surface area is 152 Å². The van der Waals surface area contributed by atoms with E-state index in [1.54, 1.807) is 11.8 Å². The highest BCUT2D eigenvalue weighted by Gasteiger charge is 2.22. The molecular weight excluding hydrogens is 332 g/mol. The van der Waals surface area contributed by atoms with Gasteiger partial charge in [-0.25, -0.2) is 0 Å². The van der Waals surface area contributed by atoms with Gasteiger partial charge in [0.2, 0.25) is 0 Å². The van der Waals surface area contributed by atoms with Crippen LogP contribution in [0.5, 0.6) is 0 Å². The largest absolute Gasteiger partial charge is 0.513 e. The molecule has 0 saturated carbocycles. The fraction of sp³-hybridized carbons (Fsp3) is 0.238. The molecule has 0 heterocycles. The second-order valence-corrected chi connectivity index (χ2v) is 8.10. The van der Waals surface area contributed by atoms with Crippen molar-refractivity contribution in [1.82, 2.24) is 0 Å². The summed E-state index contributed by atoms with van der Waals surface area (Å²) in [5.74, 6) is 0.936. The van der Waals surface area contributed by atoms with E-state index in [9.17, 15) is 5.11 Å². The molecule has 1 aliphatic rings. The summed E-state index contributed by atoms with van der Waals surface area (Å²) in [4.78, 5) is 2.52. The Hall–Kier alpha value is -1.58. The normalized spacial score (nSPS) is 19.2. The van der Waals surface area contributed by atoms with Crippen LogP contribution in [-0.2, 0) is 0 Å². The summed E-state index contributed by atoms with van der Waals surface area (Å²) in [7, 11) is 0. The van der Waals surface area contributed by atoms with Crippen LogP contribution in [0.25, 0.3) is 0 Å². The van der Waals surface area contributed by atoms with Crippen LogP contribution in [-0.4, -0.2) is 10.4 Å². The van der Waals surface area contributed by atoms with E-state index >= 15 is 0 Å². The second-order valence-electron chi connectivity index (χ2n) is 5.87. The summed E-state index contributed by atoms with van der Waals surface area (Å²) in [5.41, 5.74) is 0. The lowest BCUT2D eigenvalue weighted by Gasteiger charge is -2.25. The van der Waals surface area contributed by atoms with E-state index in [-0.39, 0.29) is 0 Å². The number of hydrogen-bond acceptors (Lipinski definition) is 3. The van der Waals surface area contributed by atoms with Crippen LogP contribution in [0.2, 0.25) is 0 Å². The van der Waals surface area contributed by atoms with Crippen molar-refractivity contribution < 1.29 is 5.11 Å². The first-order valence-corrected chi connectivity index (χ1v) is 10.1. The summed E-state index contributed by atoms with van der Waals surface area (Å²) in [5, 5.41) is 12.4. The quantitative estimate of drug-likeness (QED) is 0.583. The maximum Gasteiger partial charge on any atom is 0.0886 e. The lowest BCUT2D eigenvalue weighted by atomic mass is 9.92. The molecule has 1 N–H and O–H groups in total. The maximum atomic E-state index is 9.92. The molecule has 3 heteroatoms. The van der Waals surface area contributed by atoms with Gasteiger partial charge in [0, 0.05) is 21.5 Å². The van der Waals surface area contributed by atoms with Gasteiger partial charge in [0.1, 0.15) is 0 Å². The topological polar surface area (TPSA) is 20.2 Å². The Bertz CT molecular complexity index is 679. The molecule has 2 aromatic carbocycles. The van der Waals surface area contributed by atoms with Crippen LogP contribution in [0.3, 0.4) is 0 Å². The van der Waals surface area contributed by atoms with Gasteiger partial charge in [-0.3, -0.25) is 0 Å². The van der Waals surface area contributed by atoms with Gasteiger partial charge in [-0.05, 0) is 54.5 Å². The van der Waals surface area contributed by atoms with Crippen molar-refractivity contribution in [3.63, 3.8) is 0 Å². The lowest BCUT2D eigenvalue weighted by molar-refractivity contribution is 0.349. The number of aliphatic hydroxyl groups is 1. The van der Waals surface area contributed by atoms with E-state index in [1.165, 1.54) is 9.79 Å². The van der Waals surface area contributed by atoms with Crippen molar-refractivity contribution in [3.05, 3.63) is 84.0 Å². The molecule has 1 aliphatic carbocycles. The molecule has 2 unspecified atom stereocenters. The van der Waals surface area contributed by atoms with Gasteiger partial charge < -0.3 is 5.11 Å². The number of benzene rings is 2. The van der Waals surface area contributed by atoms with Crippen molar-refractivity contribution >= 4 is 23.5 Å². The zero-order valence-corrected chi connectivity index (χ0v) is 15.2. The number of aliphatic hydroxyl groups excluding tert-OH is 1. The lowest BCUT2D eigenvalue weighted by Crippen LogP contribution is -2.16. The van der Waals surface area contributed by atoms with Gasteiger partial charge >= 0.3 is 0 Å². The third-order valence-electron chi connectivity index (χ3n) is 4.03. The Morgan fingerprint density at radius 2 is 1.62 bits per heavy atom. The molecule has 1 nitrogen and oxygen atoms in total. The van der Waals surface area contributed by atoms with Gasteiger partial charge in [0.05, 0.1) is 5.76 Å². The van der Waals surface area contributed by atoms with Crippen molar-refractivity contribution in [2.75, 3.05) is 0 Å². The number of hydrogen-bond donors (Lipinski definition) is 1. The molecule has 0 fully saturated rings. The van der Waals surface area contributed by atoms with Crippen LogP contribution < -0.4 is 0 Å². The first-order valence-electron chi connectivity index (χ1n) is 8.31. The molecule has 0 saturated heterocycles. The predicted molar refractivity (Wildman–Crippen MR) is 106 cm³/mol. The average Bonchev–Trinajstić information content (AvgIpc) is 2.63. The third kappa shape index (κ3) is 5.22. The van der Waals surface area contributed by atoms with Crippen LogP contribution in [0.15, 0.2) is 93.8 Å². The maximum absolute atomic E-state index is 9.92. The minimum absolute atomic E-state index is 0.339. The summed E-state index contributed by atoms with van der Waals surface area (Å²) in [6, 6.07) is 20.9. The number of rotatable bonds is 6. The Morgan fingerprint density at radius 3 is 2.29 bits per heavy atom. The Kier molecular flexibility index (Phi) is 6.50. The molecule has 0 radical (unpaired) electrons.